The predicted octanol–water partition coefficient (Wildman–Crippen LogP) is 1.75. The van der Waals surface area contributed by atoms with Gasteiger partial charge < -0.3 is 5.11 Å². The van der Waals surface area contributed by atoms with Gasteiger partial charge in [0.05, 0.1) is 11.3 Å². The van der Waals surface area contributed by atoms with E-state index in [0.717, 1.165) is 4.31 Å². The number of sulfonamides is 1. The molecule has 7 heteroatoms. The minimum atomic E-state index is -3.58. The molecule has 1 N–H and O–H groups in total. The van der Waals surface area contributed by atoms with Gasteiger partial charge in [0.1, 0.15) is 5.82 Å². The van der Waals surface area contributed by atoms with Crippen molar-refractivity contribution < 1.29 is 18.3 Å². The van der Waals surface area contributed by atoms with Crippen LogP contribution in [0.3, 0.4) is 0 Å². The first-order chi connectivity index (χ1) is 9.90. The number of anilines is 1. The third kappa shape index (κ3) is 3.57. The number of rotatable bonds is 5. The molecule has 110 valence electrons. The lowest BCUT2D eigenvalue weighted by Crippen LogP contribution is -2.28. The maximum atomic E-state index is 12.3. The van der Waals surface area contributed by atoms with E-state index in [2.05, 4.69) is 4.98 Å². The number of hydrogen-bond donors (Lipinski definition) is 1. The van der Waals surface area contributed by atoms with Crippen LogP contribution >= 0.6 is 0 Å². The number of carboxylic acid groups (broad SMARTS) is 1. The summed E-state index contributed by atoms with van der Waals surface area (Å²) in [6.07, 6.45) is 1.52. The van der Waals surface area contributed by atoms with E-state index in [0.29, 0.717) is 11.4 Å². The van der Waals surface area contributed by atoms with E-state index >= 15 is 0 Å². The van der Waals surface area contributed by atoms with Crippen LogP contribution in [0.15, 0.2) is 48.7 Å². The SMILES string of the molecule is CN(c1ccccn1)S(=O)(=O)Cc1ccc(C(=O)O)cc1. The van der Waals surface area contributed by atoms with Gasteiger partial charge >= 0.3 is 5.97 Å². The quantitative estimate of drug-likeness (QED) is 0.909. The molecule has 0 aliphatic carbocycles. The fourth-order valence-electron chi connectivity index (χ4n) is 1.73. The van der Waals surface area contributed by atoms with Crippen molar-refractivity contribution in [2.24, 2.45) is 0 Å². The molecule has 1 heterocycles. The van der Waals surface area contributed by atoms with Gasteiger partial charge in [0.15, 0.2) is 0 Å². The van der Waals surface area contributed by atoms with E-state index in [-0.39, 0.29) is 11.3 Å². The van der Waals surface area contributed by atoms with Gasteiger partial charge in [-0.1, -0.05) is 18.2 Å². The number of nitrogens with zero attached hydrogens (tertiary/aromatic N) is 2. The Bertz CT molecular complexity index is 727. The zero-order chi connectivity index (χ0) is 15.5. The summed E-state index contributed by atoms with van der Waals surface area (Å²) in [5.74, 6) is -0.936. The molecule has 0 saturated carbocycles. The van der Waals surface area contributed by atoms with Crippen molar-refractivity contribution in [1.82, 2.24) is 4.98 Å². The molecular formula is C14H14N2O4S. The summed E-state index contributed by atoms with van der Waals surface area (Å²) in [7, 11) is -2.14. The van der Waals surface area contributed by atoms with Crippen molar-refractivity contribution in [2.45, 2.75) is 5.75 Å². The smallest absolute Gasteiger partial charge is 0.335 e. The molecule has 0 amide bonds. The van der Waals surface area contributed by atoms with E-state index in [1.807, 2.05) is 0 Å². The molecule has 2 aromatic rings. The molecule has 1 aromatic heterocycles. The fraction of sp³-hybridized carbons (Fsp3) is 0.143. The molecule has 0 fully saturated rings. The second kappa shape index (κ2) is 5.92. The van der Waals surface area contributed by atoms with Crippen molar-refractivity contribution in [3.63, 3.8) is 0 Å². The van der Waals surface area contributed by atoms with Gasteiger partial charge in [0.2, 0.25) is 10.0 Å². The van der Waals surface area contributed by atoms with Gasteiger partial charge in [-0.3, -0.25) is 4.31 Å². The average Bonchev–Trinajstić information content (AvgIpc) is 2.47. The fourth-order valence-corrected chi connectivity index (χ4v) is 2.93. The molecule has 1 aromatic carbocycles. The normalized spacial score (nSPS) is 11.1. The zero-order valence-corrected chi connectivity index (χ0v) is 12.1. The Morgan fingerprint density at radius 1 is 1.19 bits per heavy atom. The molecule has 6 nitrogen and oxygen atoms in total. The molecule has 0 aliphatic heterocycles. The van der Waals surface area contributed by atoms with Gasteiger partial charge in [-0.25, -0.2) is 18.2 Å². The van der Waals surface area contributed by atoms with Crippen molar-refractivity contribution in [1.29, 1.82) is 0 Å². The second-order valence-electron chi connectivity index (χ2n) is 4.41. The highest BCUT2D eigenvalue weighted by molar-refractivity contribution is 7.92. The number of aromatic carboxylic acids is 1. The topological polar surface area (TPSA) is 87.6 Å². The summed E-state index contributed by atoms with van der Waals surface area (Å²) in [5.41, 5.74) is 0.636. The molecular weight excluding hydrogens is 292 g/mol. The van der Waals surface area contributed by atoms with E-state index in [1.165, 1.54) is 37.5 Å². The van der Waals surface area contributed by atoms with Gasteiger partial charge in [0.25, 0.3) is 0 Å². The first-order valence-electron chi connectivity index (χ1n) is 6.10. The van der Waals surface area contributed by atoms with Gasteiger partial charge in [-0.2, -0.15) is 0 Å². The lowest BCUT2D eigenvalue weighted by Gasteiger charge is -2.18. The largest absolute Gasteiger partial charge is 0.478 e. The summed E-state index contributed by atoms with van der Waals surface area (Å²) in [4.78, 5) is 14.7. The van der Waals surface area contributed by atoms with Crippen LogP contribution in [-0.2, 0) is 15.8 Å². The Labute approximate surface area is 122 Å². The number of carboxylic acids is 1. The third-order valence-electron chi connectivity index (χ3n) is 2.94. The summed E-state index contributed by atoms with van der Waals surface area (Å²) >= 11 is 0. The monoisotopic (exact) mass is 306 g/mol. The van der Waals surface area contributed by atoms with Crippen LogP contribution in [0, 0.1) is 0 Å². The highest BCUT2D eigenvalue weighted by Gasteiger charge is 2.20. The van der Waals surface area contributed by atoms with E-state index in [1.54, 1.807) is 18.2 Å². The Balaban J connectivity index is 2.19. The van der Waals surface area contributed by atoms with Crippen LogP contribution in [-0.4, -0.2) is 31.5 Å². The lowest BCUT2D eigenvalue weighted by molar-refractivity contribution is 0.0697. The van der Waals surface area contributed by atoms with Crippen molar-refractivity contribution in [2.75, 3.05) is 11.4 Å². The van der Waals surface area contributed by atoms with Gasteiger partial charge in [-0.05, 0) is 29.8 Å². The summed E-state index contributed by atoms with van der Waals surface area (Å²) in [6, 6.07) is 10.8. The minimum Gasteiger partial charge on any atom is -0.478 e. The number of hydrogen-bond acceptors (Lipinski definition) is 4. The molecule has 0 bridgehead atoms. The van der Waals surface area contributed by atoms with E-state index in [9.17, 15) is 13.2 Å². The molecule has 0 aliphatic rings. The Kier molecular flexibility index (Phi) is 4.23. The summed E-state index contributed by atoms with van der Waals surface area (Å²) < 4.78 is 25.7. The molecule has 2 rings (SSSR count). The second-order valence-corrected chi connectivity index (χ2v) is 6.41. The summed E-state index contributed by atoms with van der Waals surface area (Å²) in [5, 5.41) is 8.81. The van der Waals surface area contributed by atoms with Crippen LogP contribution < -0.4 is 4.31 Å². The molecule has 0 atom stereocenters. The molecule has 0 unspecified atom stereocenters. The average molecular weight is 306 g/mol. The summed E-state index contributed by atoms with van der Waals surface area (Å²) in [6.45, 7) is 0. The van der Waals surface area contributed by atoms with E-state index in [4.69, 9.17) is 5.11 Å². The van der Waals surface area contributed by atoms with Crippen molar-refractivity contribution in [3.8, 4) is 0 Å². The lowest BCUT2D eigenvalue weighted by atomic mass is 10.1. The standard InChI is InChI=1S/C14H14N2O4S/c1-16(13-4-2-3-9-15-13)21(19,20)10-11-5-7-12(8-6-11)14(17)18/h2-9H,10H2,1H3,(H,17,18). The van der Waals surface area contributed by atoms with Crippen LogP contribution in [0.4, 0.5) is 5.82 Å². The van der Waals surface area contributed by atoms with Crippen molar-refractivity contribution in [3.05, 3.63) is 59.8 Å². The number of carbonyl (C=O) groups is 1. The van der Waals surface area contributed by atoms with Gasteiger partial charge in [-0.15, -0.1) is 0 Å². The molecule has 0 spiro atoms. The third-order valence-corrected chi connectivity index (χ3v) is 4.66. The van der Waals surface area contributed by atoms with E-state index < -0.39 is 16.0 Å². The highest BCUT2D eigenvalue weighted by Crippen LogP contribution is 2.16. The molecule has 0 radical (unpaired) electrons. The minimum absolute atomic E-state index is 0.120. The highest BCUT2D eigenvalue weighted by atomic mass is 32.2. The maximum absolute atomic E-state index is 12.3. The van der Waals surface area contributed by atoms with Gasteiger partial charge in [0, 0.05) is 13.2 Å². The molecule has 21 heavy (non-hydrogen) atoms. The van der Waals surface area contributed by atoms with Crippen LogP contribution in [0.2, 0.25) is 0 Å². The zero-order valence-electron chi connectivity index (χ0n) is 11.3. The number of pyridine rings is 1. The van der Waals surface area contributed by atoms with Crippen molar-refractivity contribution >= 4 is 21.8 Å². The first-order valence-corrected chi connectivity index (χ1v) is 7.71. The Morgan fingerprint density at radius 2 is 1.86 bits per heavy atom. The Morgan fingerprint density at radius 3 is 2.38 bits per heavy atom. The van der Waals surface area contributed by atoms with Crippen LogP contribution in [0.1, 0.15) is 15.9 Å². The Hall–Kier alpha value is -2.41. The maximum Gasteiger partial charge on any atom is 0.335 e. The number of aromatic nitrogens is 1. The predicted molar refractivity (Wildman–Crippen MR) is 78.7 cm³/mol. The van der Waals surface area contributed by atoms with Crippen LogP contribution in [0.5, 0.6) is 0 Å². The first kappa shape index (κ1) is 15.0. The van der Waals surface area contributed by atoms with Crippen LogP contribution in [0.25, 0.3) is 0 Å². The molecule has 0 saturated heterocycles. The number of benzene rings is 1.